The number of halogens is 1. The van der Waals surface area contributed by atoms with Gasteiger partial charge in [-0.1, -0.05) is 26.0 Å². The molecule has 0 radical (unpaired) electrons. The average molecular weight is 324 g/mol. The molecule has 1 saturated heterocycles. The number of benzene rings is 1. The predicted octanol–water partition coefficient (Wildman–Crippen LogP) is 2.55. The van der Waals surface area contributed by atoms with Gasteiger partial charge in [0.25, 0.3) is 0 Å². The number of hydrogen-bond donors (Lipinski definition) is 3. The highest BCUT2D eigenvalue weighted by Crippen LogP contribution is 2.40. The van der Waals surface area contributed by atoms with Crippen molar-refractivity contribution in [3.63, 3.8) is 0 Å². The van der Waals surface area contributed by atoms with E-state index in [1.807, 2.05) is 6.20 Å². The first-order valence-electron chi connectivity index (χ1n) is 7.75. The average Bonchev–Trinajstić information content (AvgIpc) is 2.98. The van der Waals surface area contributed by atoms with E-state index in [2.05, 4.69) is 53.3 Å². The largest absolute Gasteiger partial charge is 0.396 e. The molecule has 3 N–H and O–H groups in total. The fraction of sp³-hybridized carbons (Fsp3) is 0.529. The Bertz CT molecular complexity index is 605. The van der Waals surface area contributed by atoms with Crippen LogP contribution in [0.25, 0.3) is 10.9 Å². The summed E-state index contributed by atoms with van der Waals surface area (Å²) in [4.78, 5) is 5.80. The smallest absolute Gasteiger partial charge is 0.0500 e. The molecular weight excluding hydrogens is 298 g/mol. The van der Waals surface area contributed by atoms with Crippen LogP contribution in [0, 0.1) is 5.41 Å². The molecular formula is C17H26ClN3O. The molecule has 122 valence electrons. The van der Waals surface area contributed by atoms with Crippen molar-refractivity contribution in [3.05, 3.63) is 36.0 Å². The van der Waals surface area contributed by atoms with Crippen molar-refractivity contribution in [1.29, 1.82) is 0 Å². The number of aromatic nitrogens is 1. The Morgan fingerprint density at radius 2 is 1.95 bits per heavy atom. The number of H-pyrrole nitrogens is 1. The van der Waals surface area contributed by atoms with Crippen LogP contribution in [0.4, 0.5) is 0 Å². The lowest BCUT2D eigenvalue weighted by atomic mass is 9.79. The van der Waals surface area contributed by atoms with Crippen LogP contribution >= 0.6 is 12.4 Å². The van der Waals surface area contributed by atoms with Crippen LogP contribution in [-0.4, -0.2) is 47.8 Å². The van der Waals surface area contributed by atoms with Crippen LogP contribution in [-0.2, 0) is 0 Å². The van der Waals surface area contributed by atoms with Crippen molar-refractivity contribution in [2.45, 2.75) is 19.9 Å². The van der Waals surface area contributed by atoms with E-state index in [4.69, 9.17) is 0 Å². The molecule has 1 aliphatic heterocycles. The minimum atomic E-state index is -0.178. The van der Waals surface area contributed by atoms with Gasteiger partial charge in [0.1, 0.15) is 0 Å². The second-order valence-corrected chi connectivity index (χ2v) is 6.62. The summed E-state index contributed by atoms with van der Waals surface area (Å²) in [5.74, 6) is 0. The molecule has 0 amide bonds. The zero-order chi connectivity index (χ0) is 14.9. The molecule has 1 aromatic carbocycles. The van der Waals surface area contributed by atoms with Crippen molar-refractivity contribution in [2.75, 3.05) is 32.8 Å². The van der Waals surface area contributed by atoms with Gasteiger partial charge in [0.15, 0.2) is 0 Å². The molecule has 3 rings (SSSR count). The third-order valence-electron chi connectivity index (χ3n) is 4.59. The molecule has 0 spiro atoms. The second-order valence-electron chi connectivity index (χ2n) is 6.62. The topological polar surface area (TPSA) is 51.3 Å². The molecule has 0 aliphatic carbocycles. The molecule has 1 aliphatic rings. The van der Waals surface area contributed by atoms with Gasteiger partial charge in [0, 0.05) is 61.3 Å². The third-order valence-corrected chi connectivity index (χ3v) is 4.59. The van der Waals surface area contributed by atoms with Crippen LogP contribution in [0.2, 0.25) is 0 Å². The molecule has 0 bridgehead atoms. The maximum Gasteiger partial charge on any atom is 0.0500 e. The minimum Gasteiger partial charge on any atom is -0.396 e. The number of fused-ring (bicyclic) bond motifs is 1. The van der Waals surface area contributed by atoms with E-state index in [1.54, 1.807) is 0 Å². The van der Waals surface area contributed by atoms with Crippen LogP contribution in [0.15, 0.2) is 30.5 Å². The molecule has 1 fully saturated rings. The Labute approximate surface area is 138 Å². The minimum absolute atomic E-state index is 0. The number of hydrogen-bond acceptors (Lipinski definition) is 3. The lowest BCUT2D eigenvalue weighted by Gasteiger charge is -2.43. The number of nitrogens with one attached hydrogen (secondary N) is 2. The van der Waals surface area contributed by atoms with E-state index >= 15 is 0 Å². The number of nitrogens with zero attached hydrogens (tertiary/aromatic N) is 1. The first-order chi connectivity index (χ1) is 10.1. The molecule has 22 heavy (non-hydrogen) atoms. The van der Waals surface area contributed by atoms with Gasteiger partial charge in [-0.15, -0.1) is 12.4 Å². The fourth-order valence-electron chi connectivity index (χ4n) is 3.49. The lowest BCUT2D eigenvalue weighted by molar-refractivity contribution is 0.0313. The summed E-state index contributed by atoms with van der Waals surface area (Å²) >= 11 is 0. The summed E-state index contributed by atoms with van der Waals surface area (Å²) in [6.45, 7) is 8.57. The summed E-state index contributed by atoms with van der Waals surface area (Å²) in [6, 6.07) is 8.80. The molecule has 1 atom stereocenters. The molecule has 4 nitrogen and oxygen atoms in total. The molecule has 5 heteroatoms. The van der Waals surface area contributed by atoms with Gasteiger partial charge in [-0.05, 0) is 17.7 Å². The maximum absolute atomic E-state index is 9.93. The van der Waals surface area contributed by atoms with Crippen LogP contribution in [0.1, 0.15) is 25.5 Å². The SMILES string of the molecule is CC(C)(CO)[C@@H](c1cccc2[nH]ccc12)N1CCNCC1.Cl. The molecule has 1 aromatic heterocycles. The van der Waals surface area contributed by atoms with Crippen molar-refractivity contribution >= 4 is 23.3 Å². The Hall–Kier alpha value is -1.07. The summed E-state index contributed by atoms with van der Waals surface area (Å²) in [7, 11) is 0. The number of piperazine rings is 1. The van der Waals surface area contributed by atoms with E-state index in [-0.39, 0.29) is 30.5 Å². The maximum atomic E-state index is 9.93. The van der Waals surface area contributed by atoms with Gasteiger partial charge in [-0.3, -0.25) is 4.90 Å². The zero-order valence-electron chi connectivity index (χ0n) is 13.3. The number of aliphatic hydroxyl groups excluding tert-OH is 1. The van der Waals surface area contributed by atoms with E-state index in [0.29, 0.717) is 0 Å². The fourth-order valence-corrected chi connectivity index (χ4v) is 3.49. The normalized spacial score (nSPS) is 18.1. The number of rotatable bonds is 4. The highest BCUT2D eigenvalue weighted by Gasteiger charge is 2.36. The summed E-state index contributed by atoms with van der Waals surface area (Å²) < 4.78 is 0. The first kappa shape index (κ1) is 17.3. The van der Waals surface area contributed by atoms with Crippen LogP contribution in [0.3, 0.4) is 0 Å². The van der Waals surface area contributed by atoms with Crippen molar-refractivity contribution in [3.8, 4) is 0 Å². The van der Waals surface area contributed by atoms with Crippen molar-refractivity contribution < 1.29 is 5.11 Å². The number of aromatic amines is 1. The van der Waals surface area contributed by atoms with Gasteiger partial charge in [-0.25, -0.2) is 0 Å². The van der Waals surface area contributed by atoms with Crippen molar-refractivity contribution in [1.82, 2.24) is 15.2 Å². The molecule has 0 saturated carbocycles. The third kappa shape index (κ3) is 3.15. The van der Waals surface area contributed by atoms with E-state index in [9.17, 15) is 5.11 Å². The molecule has 0 unspecified atom stereocenters. The van der Waals surface area contributed by atoms with E-state index in [1.165, 1.54) is 16.5 Å². The number of aliphatic hydroxyl groups is 1. The summed E-state index contributed by atoms with van der Waals surface area (Å²) in [6.07, 6.45) is 1.99. The summed E-state index contributed by atoms with van der Waals surface area (Å²) in [5, 5.41) is 14.6. The standard InChI is InChI=1S/C17H25N3O.ClH/c1-17(2,12-21)16(20-10-8-18-9-11-20)14-4-3-5-15-13(14)6-7-19-15;/h3-7,16,18-19,21H,8-12H2,1-2H3;1H/t16-;/m1./s1. The Morgan fingerprint density at radius 1 is 1.23 bits per heavy atom. The van der Waals surface area contributed by atoms with Gasteiger partial charge in [0.2, 0.25) is 0 Å². The Balaban J connectivity index is 0.00000176. The predicted molar refractivity (Wildman–Crippen MR) is 93.6 cm³/mol. The highest BCUT2D eigenvalue weighted by atomic mass is 35.5. The van der Waals surface area contributed by atoms with Gasteiger partial charge in [-0.2, -0.15) is 0 Å². The van der Waals surface area contributed by atoms with Crippen LogP contribution in [0.5, 0.6) is 0 Å². The second kappa shape index (κ2) is 7.01. The van der Waals surface area contributed by atoms with Gasteiger partial charge < -0.3 is 15.4 Å². The van der Waals surface area contributed by atoms with Crippen LogP contribution < -0.4 is 5.32 Å². The first-order valence-corrected chi connectivity index (χ1v) is 7.75. The van der Waals surface area contributed by atoms with E-state index < -0.39 is 0 Å². The monoisotopic (exact) mass is 323 g/mol. The lowest BCUT2D eigenvalue weighted by Crippen LogP contribution is -2.49. The Kier molecular flexibility index (Phi) is 5.50. The molecule has 2 aromatic rings. The zero-order valence-corrected chi connectivity index (χ0v) is 14.1. The quantitative estimate of drug-likeness (QED) is 0.810. The highest BCUT2D eigenvalue weighted by molar-refractivity contribution is 5.85. The Morgan fingerprint density at radius 3 is 2.64 bits per heavy atom. The van der Waals surface area contributed by atoms with Gasteiger partial charge >= 0.3 is 0 Å². The molecule has 2 heterocycles. The van der Waals surface area contributed by atoms with E-state index in [0.717, 1.165) is 26.2 Å². The summed E-state index contributed by atoms with van der Waals surface area (Å²) in [5.41, 5.74) is 2.30. The van der Waals surface area contributed by atoms with Crippen molar-refractivity contribution in [2.24, 2.45) is 5.41 Å². The van der Waals surface area contributed by atoms with Gasteiger partial charge in [0.05, 0.1) is 0 Å².